The number of carbonyl (C=O) groups is 1. The molecule has 5 nitrogen and oxygen atoms in total. The summed E-state index contributed by atoms with van der Waals surface area (Å²) in [6.07, 6.45) is 3.29. The third-order valence-electron chi connectivity index (χ3n) is 2.64. The van der Waals surface area contributed by atoms with E-state index in [9.17, 15) is 13.2 Å². The summed E-state index contributed by atoms with van der Waals surface area (Å²) in [4.78, 5) is 11.9. The van der Waals surface area contributed by atoms with E-state index in [2.05, 4.69) is 5.32 Å². The predicted molar refractivity (Wildman–Crippen MR) is 84.5 cm³/mol. The van der Waals surface area contributed by atoms with Crippen LogP contribution in [-0.4, -0.2) is 32.7 Å². The summed E-state index contributed by atoms with van der Waals surface area (Å²) in [5.74, 6) is -0.242. The normalized spacial score (nSPS) is 12.9. The van der Waals surface area contributed by atoms with Gasteiger partial charge in [0.1, 0.15) is 0 Å². The summed E-state index contributed by atoms with van der Waals surface area (Å²) >= 11 is 0. The molecule has 0 aliphatic carbocycles. The predicted octanol–water partition coefficient (Wildman–Crippen LogP) is 2.48. The molecule has 1 amide bonds. The fourth-order valence-corrected chi connectivity index (χ4v) is 2.33. The van der Waals surface area contributed by atoms with Crippen LogP contribution in [0.1, 0.15) is 20.8 Å². The second kappa shape index (κ2) is 6.41. The Labute approximate surface area is 126 Å². The van der Waals surface area contributed by atoms with Crippen LogP contribution in [0.4, 0.5) is 5.69 Å². The topological polar surface area (TPSA) is 66.5 Å². The minimum Gasteiger partial charge on any atom is -0.323 e. The lowest BCUT2D eigenvalue weighted by Gasteiger charge is -2.12. The first-order valence-corrected chi connectivity index (χ1v) is 7.99. The van der Waals surface area contributed by atoms with Crippen LogP contribution in [0.25, 0.3) is 0 Å². The molecular formula is C15H22N2O3S. The molecule has 0 aromatic heterocycles. The highest BCUT2D eigenvalue weighted by molar-refractivity contribution is 7.89. The Morgan fingerprint density at radius 2 is 1.67 bits per heavy atom. The maximum Gasteiger partial charge on any atom is 0.248 e. The number of allylic oxidation sites excluding steroid dienone is 1. The molecule has 0 unspecified atom stereocenters. The van der Waals surface area contributed by atoms with Gasteiger partial charge < -0.3 is 5.32 Å². The number of sulfonamides is 1. The molecule has 21 heavy (non-hydrogen) atoms. The Hall–Kier alpha value is -1.66. The Kier molecular flexibility index (Phi) is 5.31. The summed E-state index contributed by atoms with van der Waals surface area (Å²) in [6.45, 7) is 5.99. The molecule has 0 spiro atoms. The van der Waals surface area contributed by atoms with Gasteiger partial charge in [-0.1, -0.05) is 26.8 Å². The van der Waals surface area contributed by atoms with Gasteiger partial charge in [0.05, 0.1) is 4.90 Å². The SMILES string of the molecule is CN(C)S(=O)(=O)c1ccc(NC(=O)C=CC(C)(C)C)cc1. The van der Waals surface area contributed by atoms with E-state index in [0.717, 1.165) is 4.31 Å². The maximum absolute atomic E-state index is 11.9. The zero-order valence-corrected chi connectivity index (χ0v) is 13.9. The van der Waals surface area contributed by atoms with Gasteiger partial charge in [-0.05, 0) is 35.8 Å². The van der Waals surface area contributed by atoms with Crippen molar-refractivity contribution in [3.8, 4) is 0 Å². The van der Waals surface area contributed by atoms with Gasteiger partial charge in [-0.2, -0.15) is 0 Å². The second-order valence-corrected chi connectivity index (χ2v) is 8.15. The first-order valence-electron chi connectivity index (χ1n) is 6.55. The first kappa shape index (κ1) is 17.4. The number of hydrogen-bond acceptors (Lipinski definition) is 3. The molecule has 0 aliphatic heterocycles. The lowest BCUT2D eigenvalue weighted by molar-refractivity contribution is -0.112. The standard InChI is InChI=1S/C15H22N2O3S/c1-15(2,3)11-10-14(18)16-12-6-8-13(9-7-12)21(19,20)17(4)5/h6-11H,1-5H3,(H,16,18). The molecule has 1 aromatic carbocycles. The number of nitrogens with zero attached hydrogens (tertiary/aromatic N) is 1. The van der Waals surface area contributed by atoms with Crippen molar-refractivity contribution in [1.29, 1.82) is 0 Å². The fraction of sp³-hybridized carbons (Fsp3) is 0.400. The summed E-state index contributed by atoms with van der Waals surface area (Å²) < 4.78 is 25.0. The Balaban J connectivity index is 2.81. The molecule has 1 rings (SSSR count). The molecule has 0 bridgehead atoms. The zero-order chi connectivity index (χ0) is 16.3. The molecule has 0 radical (unpaired) electrons. The van der Waals surface area contributed by atoms with Crippen molar-refractivity contribution in [3.63, 3.8) is 0 Å². The summed E-state index contributed by atoms with van der Waals surface area (Å²) in [6, 6.07) is 6.08. The highest BCUT2D eigenvalue weighted by Gasteiger charge is 2.16. The van der Waals surface area contributed by atoms with Gasteiger partial charge in [0.25, 0.3) is 0 Å². The number of carbonyl (C=O) groups excluding carboxylic acids is 1. The lowest BCUT2D eigenvalue weighted by Crippen LogP contribution is -2.22. The van der Waals surface area contributed by atoms with E-state index < -0.39 is 10.0 Å². The van der Waals surface area contributed by atoms with Crippen LogP contribution < -0.4 is 5.32 Å². The molecule has 0 aliphatic rings. The second-order valence-electron chi connectivity index (χ2n) is 6.00. The molecule has 0 fully saturated rings. The van der Waals surface area contributed by atoms with Gasteiger partial charge in [0, 0.05) is 19.8 Å². The Bertz CT molecular complexity index is 624. The molecular weight excluding hydrogens is 288 g/mol. The van der Waals surface area contributed by atoms with Crippen molar-refractivity contribution < 1.29 is 13.2 Å². The monoisotopic (exact) mass is 310 g/mol. The number of benzene rings is 1. The van der Waals surface area contributed by atoms with E-state index in [0.29, 0.717) is 5.69 Å². The van der Waals surface area contributed by atoms with Crippen molar-refractivity contribution in [2.45, 2.75) is 25.7 Å². The summed E-state index contributed by atoms with van der Waals surface area (Å²) in [5, 5.41) is 2.69. The molecule has 1 N–H and O–H groups in total. The largest absolute Gasteiger partial charge is 0.323 e. The van der Waals surface area contributed by atoms with E-state index >= 15 is 0 Å². The average molecular weight is 310 g/mol. The van der Waals surface area contributed by atoms with Crippen molar-refractivity contribution in [2.75, 3.05) is 19.4 Å². The molecule has 116 valence electrons. The molecule has 0 heterocycles. The first-order chi connectivity index (χ1) is 9.52. The van der Waals surface area contributed by atoms with Crippen LogP contribution >= 0.6 is 0 Å². The van der Waals surface area contributed by atoms with Crippen molar-refractivity contribution >= 4 is 21.6 Å². The van der Waals surface area contributed by atoms with Crippen molar-refractivity contribution in [3.05, 3.63) is 36.4 Å². The van der Waals surface area contributed by atoms with E-state index in [1.165, 1.54) is 32.3 Å². The quantitative estimate of drug-likeness (QED) is 0.869. The minimum absolute atomic E-state index is 0.0685. The molecule has 0 atom stereocenters. The van der Waals surface area contributed by atoms with Crippen LogP contribution in [0.3, 0.4) is 0 Å². The van der Waals surface area contributed by atoms with Gasteiger partial charge in [-0.25, -0.2) is 12.7 Å². The van der Waals surface area contributed by atoms with Crippen molar-refractivity contribution in [2.24, 2.45) is 5.41 Å². The van der Waals surface area contributed by atoms with Gasteiger partial charge in [-0.3, -0.25) is 4.79 Å². The van der Waals surface area contributed by atoms with Crippen LogP contribution in [0.2, 0.25) is 0 Å². The van der Waals surface area contributed by atoms with Crippen LogP contribution in [-0.2, 0) is 14.8 Å². The summed E-state index contributed by atoms with van der Waals surface area (Å²) in [5.41, 5.74) is 0.484. The van der Waals surface area contributed by atoms with E-state index in [1.54, 1.807) is 12.1 Å². The Morgan fingerprint density at radius 1 is 1.14 bits per heavy atom. The highest BCUT2D eigenvalue weighted by Crippen LogP contribution is 2.17. The van der Waals surface area contributed by atoms with E-state index in [4.69, 9.17) is 0 Å². The van der Waals surface area contributed by atoms with Gasteiger partial charge >= 0.3 is 0 Å². The maximum atomic E-state index is 11.9. The van der Waals surface area contributed by atoms with Gasteiger partial charge in [0.15, 0.2) is 0 Å². The minimum atomic E-state index is -3.45. The number of hydrogen-bond donors (Lipinski definition) is 1. The smallest absolute Gasteiger partial charge is 0.248 e. The number of nitrogens with one attached hydrogen (secondary N) is 1. The van der Waals surface area contributed by atoms with Gasteiger partial charge in [0.2, 0.25) is 15.9 Å². The van der Waals surface area contributed by atoms with E-state index in [1.807, 2.05) is 26.8 Å². The van der Waals surface area contributed by atoms with Crippen molar-refractivity contribution in [1.82, 2.24) is 4.31 Å². The zero-order valence-electron chi connectivity index (χ0n) is 13.0. The van der Waals surface area contributed by atoms with Crippen LogP contribution in [0.5, 0.6) is 0 Å². The molecule has 1 aromatic rings. The Morgan fingerprint density at radius 3 is 2.10 bits per heavy atom. The molecule has 0 saturated carbocycles. The third-order valence-corrected chi connectivity index (χ3v) is 4.46. The van der Waals surface area contributed by atoms with E-state index in [-0.39, 0.29) is 16.2 Å². The highest BCUT2D eigenvalue weighted by atomic mass is 32.2. The van der Waals surface area contributed by atoms with Gasteiger partial charge in [-0.15, -0.1) is 0 Å². The molecule has 6 heteroatoms. The number of anilines is 1. The number of rotatable bonds is 4. The average Bonchev–Trinajstić information content (AvgIpc) is 2.36. The molecule has 0 saturated heterocycles. The van der Waals surface area contributed by atoms with Crippen LogP contribution in [0, 0.1) is 5.41 Å². The number of amides is 1. The lowest BCUT2D eigenvalue weighted by atomic mass is 9.96. The third kappa shape index (κ3) is 5.32. The summed E-state index contributed by atoms with van der Waals surface area (Å²) in [7, 11) is -0.496. The fourth-order valence-electron chi connectivity index (χ4n) is 1.43. The van der Waals surface area contributed by atoms with Crippen LogP contribution in [0.15, 0.2) is 41.3 Å².